The van der Waals surface area contributed by atoms with Crippen LogP contribution in [0.5, 0.6) is 0 Å². The van der Waals surface area contributed by atoms with Gasteiger partial charge in [-0.3, -0.25) is 0 Å². The zero-order valence-corrected chi connectivity index (χ0v) is 11.8. The summed E-state index contributed by atoms with van der Waals surface area (Å²) in [5.41, 5.74) is 2.31. The molecule has 1 N–H and O–H groups in total. The van der Waals surface area contributed by atoms with Gasteiger partial charge in [0.15, 0.2) is 0 Å². The van der Waals surface area contributed by atoms with E-state index >= 15 is 0 Å². The maximum absolute atomic E-state index is 4.80. The first-order valence-electron chi connectivity index (χ1n) is 7.10. The number of fused-ring (bicyclic) bond motifs is 1. The molecule has 1 aliphatic heterocycles. The Morgan fingerprint density at radius 2 is 2.21 bits per heavy atom. The predicted molar refractivity (Wildman–Crippen MR) is 79.6 cm³/mol. The van der Waals surface area contributed by atoms with Crippen LogP contribution in [0.3, 0.4) is 0 Å². The molecule has 2 heterocycles. The Bertz CT molecular complexity index is 558. The third-order valence-electron chi connectivity index (χ3n) is 4.06. The second-order valence-electron chi connectivity index (χ2n) is 5.47. The third kappa shape index (κ3) is 2.32. The number of anilines is 1. The molecule has 1 saturated heterocycles. The summed E-state index contributed by atoms with van der Waals surface area (Å²) >= 11 is 0. The van der Waals surface area contributed by atoms with E-state index in [2.05, 4.69) is 46.1 Å². The summed E-state index contributed by atoms with van der Waals surface area (Å²) in [5, 5.41) is 3.30. The van der Waals surface area contributed by atoms with E-state index in [-0.39, 0.29) is 0 Å². The highest BCUT2D eigenvalue weighted by atomic mass is 15.3. The summed E-state index contributed by atoms with van der Waals surface area (Å²) in [6, 6.07) is 8.36. The minimum absolute atomic E-state index is 0.735. The fourth-order valence-corrected chi connectivity index (χ4v) is 3.12. The first-order valence-corrected chi connectivity index (χ1v) is 7.10. The first-order chi connectivity index (χ1) is 9.29. The molecule has 4 nitrogen and oxygen atoms in total. The lowest BCUT2D eigenvalue weighted by Crippen LogP contribution is -2.40. The summed E-state index contributed by atoms with van der Waals surface area (Å²) in [6.45, 7) is 3.33. The highest BCUT2D eigenvalue weighted by molar-refractivity contribution is 5.78. The number of aromatic nitrogens is 2. The second kappa shape index (κ2) is 5.21. The van der Waals surface area contributed by atoms with Crippen molar-refractivity contribution in [1.29, 1.82) is 0 Å². The summed E-state index contributed by atoms with van der Waals surface area (Å²) in [6.07, 6.45) is 2.58. The van der Waals surface area contributed by atoms with Crippen molar-refractivity contribution in [2.75, 3.05) is 31.6 Å². The van der Waals surface area contributed by atoms with E-state index < -0.39 is 0 Å². The van der Waals surface area contributed by atoms with Crippen LogP contribution in [0.1, 0.15) is 12.8 Å². The molecule has 19 heavy (non-hydrogen) atoms. The number of rotatable bonds is 3. The van der Waals surface area contributed by atoms with Crippen LogP contribution in [-0.2, 0) is 7.05 Å². The number of benzene rings is 1. The van der Waals surface area contributed by atoms with E-state index in [1.807, 2.05) is 7.05 Å². The zero-order chi connectivity index (χ0) is 13.2. The van der Waals surface area contributed by atoms with E-state index in [1.54, 1.807) is 0 Å². The molecule has 4 heteroatoms. The molecule has 1 atom stereocenters. The maximum Gasteiger partial charge on any atom is 0.206 e. The number of hydrogen-bond acceptors (Lipinski definition) is 3. The Morgan fingerprint density at radius 1 is 1.37 bits per heavy atom. The molecular formula is C15H22N4. The maximum atomic E-state index is 4.80. The Kier molecular flexibility index (Phi) is 3.42. The highest BCUT2D eigenvalue weighted by Crippen LogP contribution is 2.25. The van der Waals surface area contributed by atoms with Crippen LogP contribution in [0.15, 0.2) is 24.3 Å². The third-order valence-corrected chi connectivity index (χ3v) is 4.06. The van der Waals surface area contributed by atoms with Crippen molar-refractivity contribution in [3.8, 4) is 0 Å². The van der Waals surface area contributed by atoms with E-state index in [4.69, 9.17) is 4.98 Å². The van der Waals surface area contributed by atoms with Gasteiger partial charge in [-0.05, 0) is 44.5 Å². The van der Waals surface area contributed by atoms with Crippen LogP contribution in [-0.4, -0.2) is 36.2 Å². The van der Waals surface area contributed by atoms with Gasteiger partial charge in [-0.2, -0.15) is 0 Å². The Labute approximate surface area is 114 Å². The van der Waals surface area contributed by atoms with Crippen molar-refractivity contribution in [1.82, 2.24) is 14.9 Å². The average molecular weight is 258 g/mol. The molecule has 1 fully saturated rings. The van der Waals surface area contributed by atoms with Gasteiger partial charge < -0.3 is 14.8 Å². The Morgan fingerprint density at radius 3 is 3.00 bits per heavy atom. The van der Waals surface area contributed by atoms with Crippen molar-refractivity contribution >= 4 is 17.0 Å². The number of hydrogen-bond donors (Lipinski definition) is 1. The number of aryl methyl sites for hydroxylation is 1. The van der Waals surface area contributed by atoms with Gasteiger partial charge in [-0.15, -0.1) is 0 Å². The van der Waals surface area contributed by atoms with Crippen molar-refractivity contribution < 1.29 is 0 Å². The number of piperidine rings is 1. The van der Waals surface area contributed by atoms with Gasteiger partial charge in [0.2, 0.25) is 5.95 Å². The summed E-state index contributed by atoms with van der Waals surface area (Å²) in [5.74, 6) is 1.85. The van der Waals surface area contributed by atoms with Crippen molar-refractivity contribution in [3.05, 3.63) is 24.3 Å². The fourth-order valence-electron chi connectivity index (χ4n) is 3.12. The van der Waals surface area contributed by atoms with Gasteiger partial charge in [0.1, 0.15) is 0 Å². The molecule has 0 saturated carbocycles. The molecule has 0 bridgehead atoms. The largest absolute Gasteiger partial charge is 0.342 e. The monoisotopic (exact) mass is 258 g/mol. The number of imidazole rings is 1. The van der Waals surface area contributed by atoms with Crippen LogP contribution >= 0.6 is 0 Å². The predicted octanol–water partition coefficient (Wildman–Crippen LogP) is 2.01. The molecule has 1 aromatic carbocycles. The summed E-state index contributed by atoms with van der Waals surface area (Å²) < 4.78 is 2.22. The standard InChI is InChI=1S/C15H22N4/c1-16-10-12-6-5-9-19(11-12)15-17-13-7-3-4-8-14(13)18(15)2/h3-4,7-8,12,16H,5-6,9-11H2,1-2H3. The lowest BCUT2D eigenvalue weighted by molar-refractivity contribution is 0.398. The lowest BCUT2D eigenvalue weighted by Gasteiger charge is -2.33. The molecule has 1 unspecified atom stereocenters. The van der Waals surface area contributed by atoms with E-state index in [0.717, 1.165) is 37.0 Å². The molecule has 0 aliphatic carbocycles. The van der Waals surface area contributed by atoms with Gasteiger partial charge in [-0.25, -0.2) is 4.98 Å². The molecule has 2 aromatic rings. The van der Waals surface area contributed by atoms with Gasteiger partial charge >= 0.3 is 0 Å². The molecule has 0 amide bonds. The van der Waals surface area contributed by atoms with Crippen molar-refractivity contribution in [2.24, 2.45) is 13.0 Å². The minimum Gasteiger partial charge on any atom is -0.342 e. The average Bonchev–Trinajstić information content (AvgIpc) is 2.78. The second-order valence-corrected chi connectivity index (χ2v) is 5.47. The van der Waals surface area contributed by atoms with E-state index in [0.29, 0.717) is 0 Å². The molecule has 0 spiro atoms. The molecule has 1 aromatic heterocycles. The molecular weight excluding hydrogens is 236 g/mol. The highest BCUT2D eigenvalue weighted by Gasteiger charge is 2.22. The summed E-state index contributed by atoms with van der Waals surface area (Å²) in [4.78, 5) is 7.23. The first kappa shape index (κ1) is 12.5. The minimum atomic E-state index is 0.735. The zero-order valence-electron chi connectivity index (χ0n) is 11.8. The van der Waals surface area contributed by atoms with Crippen molar-refractivity contribution in [3.63, 3.8) is 0 Å². The molecule has 3 rings (SSSR count). The smallest absolute Gasteiger partial charge is 0.206 e. The van der Waals surface area contributed by atoms with Gasteiger partial charge in [0.25, 0.3) is 0 Å². The Hall–Kier alpha value is -1.55. The van der Waals surface area contributed by atoms with E-state index in [9.17, 15) is 0 Å². The molecule has 0 radical (unpaired) electrons. The van der Waals surface area contributed by atoms with Crippen LogP contribution in [0.2, 0.25) is 0 Å². The van der Waals surface area contributed by atoms with Crippen LogP contribution in [0, 0.1) is 5.92 Å². The SMILES string of the molecule is CNCC1CCCN(c2nc3ccccc3n2C)C1. The number of para-hydroxylation sites is 2. The van der Waals surface area contributed by atoms with Crippen molar-refractivity contribution in [2.45, 2.75) is 12.8 Å². The molecule has 102 valence electrons. The Balaban J connectivity index is 1.89. The van der Waals surface area contributed by atoms with E-state index in [1.165, 1.54) is 18.4 Å². The topological polar surface area (TPSA) is 33.1 Å². The van der Waals surface area contributed by atoms with Crippen LogP contribution in [0.4, 0.5) is 5.95 Å². The van der Waals surface area contributed by atoms with Crippen LogP contribution < -0.4 is 10.2 Å². The number of nitrogens with zero attached hydrogens (tertiary/aromatic N) is 3. The van der Waals surface area contributed by atoms with Gasteiger partial charge in [-0.1, -0.05) is 12.1 Å². The molecule has 1 aliphatic rings. The van der Waals surface area contributed by atoms with Gasteiger partial charge in [0.05, 0.1) is 11.0 Å². The van der Waals surface area contributed by atoms with Gasteiger partial charge in [0, 0.05) is 20.1 Å². The normalized spacial score (nSPS) is 20.1. The number of nitrogens with one attached hydrogen (secondary N) is 1. The van der Waals surface area contributed by atoms with Crippen LogP contribution in [0.25, 0.3) is 11.0 Å². The fraction of sp³-hybridized carbons (Fsp3) is 0.533. The lowest BCUT2D eigenvalue weighted by atomic mass is 9.98. The quantitative estimate of drug-likeness (QED) is 0.914. The summed E-state index contributed by atoms with van der Waals surface area (Å²) in [7, 11) is 4.15.